The van der Waals surface area contributed by atoms with Crippen molar-refractivity contribution >= 4 is 133 Å². The largest absolute Gasteiger partial charge is 0.481 e. The Kier molecular flexibility index (Phi) is 25.0. The predicted octanol–water partition coefficient (Wildman–Crippen LogP) is 5.23. The van der Waals surface area contributed by atoms with Gasteiger partial charge in [-0.05, 0) is 141 Å². The summed E-state index contributed by atoms with van der Waals surface area (Å²) in [5.41, 5.74) is -1.07. The molecule has 0 saturated carbocycles. The Morgan fingerprint density at radius 1 is 0.443 bits per heavy atom. The van der Waals surface area contributed by atoms with Crippen molar-refractivity contribution in [3.8, 4) is 22.3 Å². The zero-order valence-electron chi connectivity index (χ0n) is 56.7. The third-order valence-corrected chi connectivity index (χ3v) is 22.7. The monoisotopic (exact) mass is 1610 g/mol. The van der Waals surface area contributed by atoms with Crippen molar-refractivity contribution in [2.75, 3.05) is 66.4 Å². The van der Waals surface area contributed by atoms with Gasteiger partial charge in [-0.25, -0.2) is 9.97 Å². The van der Waals surface area contributed by atoms with Gasteiger partial charge in [0.25, 0.3) is 94.5 Å². The lowest BCUT2D eigenvalue weighted by molar-refractivity contribution is -0.137. The van der Waals surface area contributed by atoms with E-state index in [1.165, 1.54) is 48.5 Å². The number of aromatic nitrogens is 2. The van der Waals surface area contributed by atoms with Crippen LogP contribution in [0, 0.1) is 0 Å². The third kappa shape index (κ3) is 21.1. The number of anilines is 1. The first-order chi connectivity index (χ1) is 48.9. The fourth-order valence-electron chi connectivity index (χ4n) is 12.6. The van der Waals surface area contributed by atoms with Gasteiger partial charge in [-0.3, -0.25) is 55.8 Å². The fraction of sp³-hybridized carbons (Fsp3) is 0.338. The minimum atomic E-state index is -5.20. The molecular formula is C65H73N7O27S7. The van der Waals surface area contributed by atoms with E-state index in [-0.39, 0.29) is 81.6 Å². The molecule has 0 saturated heterocycles. The summed E-state index contributed by atoms with van der Waals surface area (Å²) in [5, 5.41) is 18.7. The molecule has 4 aromatic carbocycles. The quantitative estimate of drug-likeness (QED) is 0.0142. The SMILES string of the molecule is CC1(C)C(/C=C/C=C/C=C2/N(CCCCCC(=O)O)c3cc(S(=O)(=O)O)c4cc(-c5cc(C(=O)NCCS(=O)(=O)O)nc(C(=O)NCCS(=O)(=O)O)c5)ccc4c3C2(C)C)=C(CCCS(=O)(=O)O)c2cc(S(=O)(=O)O)c3cc(-c4cc(C(=O)NCCS(=O)(=O)O)nc(C(=O)NCCS(=O)(=O)O)c4)ccc3c21. The molecule has 1 aliphatic carbocycles. The summed E-state index contributed by atoms with van der Waals surface area (Å²) < 4.78 is 239. The number of amides is 4. The number of hydrogen-bond donors (Lipinski definition) is 12. The van der Waals surface area contributed by atoms with Crippen molar-refractivity contribution in [1.82, 2.24) is 31.2 Å². The van der Waals surface area contributed by atoms with Gasteiger partial charge < -0.3 is 31.3 Å². The number of carbonyl (C=O) groups excluding carboxylic acids is 4. The Bertz CT molecular complexity index is 5470. The molecule has 0 bridgehead atoms. The number of benzene rings is 4. The maximum atomic E-state index is 13.6. The number of pyridine rings is 2. The molecule has 3 heterocycles. The second kappa shape index (κ2) is 31.9. The number of carbonyl (C=O) groups is 5. The highest BCUT2D eigenvalue weighted by Gasteiger charge is 2.43. The molecule has 572 valence electrons. The van der Waals surface area contributed by atoms with Crippen LogP contribution in [0.5, 0.6) is 0 Å². The molecule has 2 aliphatic rings. The number of carboxylic acid groups (broad SMARTS) is 1. The zero-order chi connectivity index (χ0) is 78.7. The Hall–Kier alpha value is -8.82. The molecule has 0 atom stereocenters. The van der Waals surface area contributed by atoms with Crippen molar-refractivity contribution in [1.29, 1.82) is 0 Å². The van der Waals surface area contributed by atoms with E-state index in [4.69, 9.17) is 0 Å². The van der Waals surface area contributed by atoms with Crippen LogP contribution in [0.25, 0.3) is 49.4 Å². The molecule has 4 amide bonds. The molecule has 0 unspecified atom stereocenters. The molecule has 6 aromatic rings. The van der Waals surface area contributed by atoms with Crippen LogP contribution in [0.15, 0.2) is 124 Å². The molecule has 12 N–H and O–H groups in total. The topological polar surface area (TPSA) is 563 Å². The molecule has 0 radical (unpaired) electrons. The number of carboxylic acids is 1. The maximum Gasteiger partial charge on any atom is 0.303 e. The smallest absolute Gasteiger partial charge is 0.303 e. The normalized spacial score (nSPS) is 15.2. The highest BCUT2D eigenvalue weighted by Crippen LogP contribution is 2.54. The lowest BCUT2D eigenvalue weighted by atomic mass is 9.78. The van der Waals surface area contributed by atoms with Gasteiger partial charge in [-0.1, -0.05) is 82.7 Å². The first-order valence-electron chi connectivity index (χ1n) is 31.8. The molecule has 106 heavy (non-hydrogen) atoms. The van der Waals surface area contributed by atoms with Gasteiger partial charge in [0.1, 0.15) is 32.6 Å². The van der Waals surface area contributed by atoms with Gasteiger partial charge >= 0.3 is 5.97 Å². The molecule has 0 fully saturated rings. The Morgan fingerprint density at radius 3 is 1.25 bits per heavy atom. The third-order valence-electron chi connectivity index (χ3n) is 17.2. The van der Waals surface area contributed by atoms with Crippen molar-refractivity contribution in [2.24, 2.45) is 0 Å². The molecule has 2 aromatic heterocycles. The lowest BCUT2D eigenvalue weighted by Crippen LogP contribution is -2.32. The Labute approximate surface area is 609 Å². The van der Waals surface area contributed by atoms with Crippen molar-refractivity contribution in [2.45, 2.75) is 86.8 Å². The van der Waals surface area contributed by atoms with Crippen LogP contribution in [0.4, 0.5) is 5.69 Å². The summed E-state index contributed by atoms with van der Waals surface area (Å²) in [6.45, 7) is 4.88. The lowest BCUT2D eigenvalue weighted by Gasteiger charge is -2.27. The number of nitrogens with one attached hydrogen (secondary N) is 4. The maximum absolute atomic E-state index is 13.6. The zero-order valence-corrected chi connectivity index (χ0v) is 62.4. The first-order valence-corrected chi connectivity index (χ1v) is 42.8. The molecular weight excluding hydrogens is 1540 g/mol. The van der Waals surface area contributed by atoms with E-state index in [0.29, 0.717) is 46.5 Å². The van der Waals surface area contributed by atoms with Gasteiger partial charge in [0.15, 0.2) is 0 Å². The first kappa shape index (κ1) is 82.8. The van der Waals surface area contributed by atoms with Crippen molar-refractivity contribution in [3.63, 3.8) is 0 Å². The van der Waals surface area contributed by atoms with Crippen LogP contribution in [-0.2, 0) is 86.5 Å². The number of aliphatic carboxylic acids is 1. The fourth-order valence-corrected chi connectivity index (χ4v) is 16.0. The van der Waals surface area contributed by atoms with Crippen LogP contribution in [0.1, 0.15) is 125 Å². The number of fused-ring (bicyclic) bond motifs is 6. The summed E-state index contributed by atoms with van der Waals surface area (Å²) >= 11 is 0. The van der Waals surface area contributed by atoms with E-state index in [9.17, 15) is 120 Å². The number of allylic oxidation sites excluding steroid dienone is 8. The predicted molar refractivity (Wildman–Crippen MR) is 387 cm³/mol. The van der Waals surface area contributed by atoms with Crippen LogP contribution in [0.3, 0.4) is 0 Å². The average molecular weight is 1610 g/mol. The van der Waals surface area contributed by atoms with Crippen LogP contribution in [-0.4, -0.2) is 197 Å². The van der Waals surface area contributed by atoms with E-state index < -0.39 is 199 Å². The standard InChI is InChI=1S/C65H73N7O27S7/c1-64(2)48(42(12-11-25-100(79,80)81)47-36-54(105(94,95)96)45-30-38(16-18-43(45)58(47)64)40-32-49(60(75)66-20-26-101(82,83)84)70-50(33-40)61(76)67-21-27-102(85,86)87)13-7-5-8-14-56-65(3,4)59-44-19-17-39(31-46(44)55(106(97,98)99)37-53(59)72(56)24-10-6-9-15-57(73)74)41-34-51(62(77)68-22-28-103(88,89)90)71-52(35-41)63(78)69-23-29-104(91,92)93/h5,7-8,13-14,16-19,30-37H,6,9-12,15,20-29H2,1-4H3,(H,66,75)(H,67,76)(H,68,77)(H,69,78)(H,73,74)(H,79,80,81)(H,82,83,84)(H,85,86,87)(H,88,89,90)(H,91,92,93)(H,94,95,96)(H,97,98,99)/b8-5+,13-7+,56-14+. The van der Waals surface area contributed by atoms with Crippen molar-refractivity contribution < 1.29 is 120 Å². The van der Waals surface area contributed by atoms with Gasteiger partial charge in [0, 0.05) is 72.1 Å². The summed E-state index contributed by atoms with van der Waals surface area (Å²) in [6.07, 6.45) is 8.84. The number of hydrogen-bond acceptors (Lipinski definition) is 22. The van der Waals surface area contributed by atoms with Gasteiger partial charge in [-0.2, -0.15) is 58.9 Å². The molecule has 0 spiro atoms. The van der Waals surface area contributed by atoms with Crippen LogP contribution in [0.2, 0.25) is 0 Å². The number of nitrogens with zero attached hydrogens (tertiary/aromatic N) is 3. The Balaban J connectivity index is 1.23. The summed E-state index contributed by atoms with van der Waals surface area (Å²) in [7, 11) is -33.2. The second-order valence-electron chi connectivity index (χ2n) is 25.6. The minimum absolute atomic E-state index is 0.00712. The molecule has 41 heteroatoms. The highest BCUT2D eigenvalue weighted by molar-refractivity contribution is 7.87. The van der Waals surface area contributed by atoms with E-state index >= 15 is 0 Å². The summed E-state index contributed by atoms with van der Waals surface area (Å²) in [6, 6.07) is 15.7. The highest BCUT2D eigenvalue weighted by atomic mass is 32.2. The number of rotatable bonds is 33. The average Bonchev–Trinajstić information content (AvgIpc) is 1.54. The minimum Gasteiger partial charge on any atom is -0.481 e. The van der Waals surface area contributed by atoms with E-state index in [2.05, 4.69) is 31.2 Å². The summed E-state index contributed by atoms with van der Waals surface area (Å²) in [4.78, 5) is 73.9. The summed E-state index contributed by atoms with van der Waals surface area (Å²) in [5.74, 6) is -9.65. The van der Waals surface area contributed by atoms with E-state index in [1.807, 2.05) is 13.8 Å². The van der Waals surface area contributed by atoms with Crippen LogP contribution < -0.4 is 26.2 Å². The van der Waals surface area contributed by atoms with Crippen molar-refractivity contribution in [3.05, 3.63) is 154 Å². The number of unbranched alkanes of at least 4 members (excludes halogenated alkanes) is 2. The van der Waals surface area contributed by atoms with Crippen LogP contribution >= 0.6 is 0 Å². The van der Waals surface area contributed by atoms with Gasteiger partial charge in [-0.15, -0.1) is 0 Å². The van der Waals surface area contributed by atoms with E-state index in [1.54, 1.807) is 49.1 Å². The van der Waals surface area contributed by atoms with Gasteiger partial charge in [0.2, 0.25) is 0 Å². The molecule has 8 rings (SSSR count). The second-order valence-corrected chi connectivity index (χ2v) is 36.3. The molecule has 1 aliphatic heterocycles. The Morgan fingerprint density at radius 2 is 0.849 bits per heavy atom. The molecule has 34 nitrogen and oxygen atoms in total. The van der Waals surface area contributed by atoms with Gasteiger partial charge in [0.05, 0.1) is 28.8 Å². The van der Waals surface area contributed by atoms with E-state index in [0.717, 1.165) is 24.3 Å².